The van der Waals surface area contributed by atoms with E-state index < -0.39 is 0 Å². The minimum absolute atomic E-state index is 0.407. The van der Waals surface area contributed by atoms with Crippen LogP contribution in [-0.2, 0) is 0 Å². The fourth-order valence-electron chi connectivity index (χ4n) is 2.73. The van der Waals surface area contributed by atoms with E-state index >= 15 is 0 Å². The molecule has 0 radical (unpaired) electrons. The summed E-state index contributed by atoms with van der Waals surface area (Å²) in [5, 5.41) is 12.0. The number of pyridine rings is 1. The average molecular weight is 244 g/mol. The molecule has 4 heteroatoms. The van der Waals surface area contributed by atoms with Crippen molar-refractivity contribution in [2.45, 2.75) is 38.5 Å². The van der Waals surface area contributed by atoms with Crippen LogP contribution < -0.4 is 5.32 Å². The zero-order chi connectivity index (χ0) is 12.5. The highest BCUT2D eigenvalue weighted by Gasteiger charge is 2.17. The van der Waals surface area contributed by atoms with Crippen molar-refractivity contribution in [2.75, 3.05) is 13.1 Å². The Balaban J connectivity index is 1.96. The Hall–Kier alpha value is -1.42. The largest absolute Gasteiger partial charge is 0.317 e. The Morgan fingerprint density at radius 2 is 2.06 bits per heavy atom. The SMILES string of the molecule is CC(C)c1nnc2cc(C3CCNCC3)ccn12. The first kappa shape index (κ1) is 11.7. The fourth-order valence-corrected chi connectivity index (χ4v) is 2.73. The number of piperidine rings is 1. The van der Waals surface area contributed by atoms with Crippen LogP contribution in [0.3, 0.4) is 0 Å². The molecule has 0 unspecified atom stereocenters. The second-order valence-corrected chi connectivity index (χ2v) is 5.43. The molecule has 4 nitrogen and oxygen atoms in total. The predicted molar refractivity (Wildman–Crippen MR) is 71.9 cm³/mol. The quantitative estimate of drug-likeness (QED) is 0.881. The highest BCUT2D eigenvalue weighted by molar-refractivity contribution is 5.42. The molecule has 2 aromatic heterocycles. The van der Waals surface area contributed by atoms with E-state index in [1.807, 2.05) is 0 Å². The molecule has 2 aromatic rings. The van der Waals surface area contributed by atoms with Crippen molar-refractivity contribution in [3.05, 3.63) is 29.7 Å². The van der Waals surface area contributed by atoms with Crippen LogP contribution in [-0.4, -0.2) is 27.7 Å². The lowest BCUT2D eigenvalue weighted by atomic mass is 9.91. The fraction of sp³-hybridized carbons (Fsp3) is 0.571. The van der Waals surface area contributed by atoms with Gasteiger partial charge in [0.05, 0.1) is 0 Å². The van der Waals surface area contributed by atoms with E-state index in [4.69, 9.17) is 0 Å². The molecule has 0 bridgehead atoms. The third-order valence-electron chi connectivity index (χ3n) is 3.79. The van der Waals surface area contributed by atoms with Crippen LogP contribution in [0.5, 0.6) is 0 Å². The maximum Gasteiger partial charge on any atom is 0.161 e. The first-order valence-electron chi connectivity index (χ1n) is 6.81. The molecule has 18 heavy (non-hydrogen) atoms. The number of nitrogens with one attached hydrogen (secondary N) is 1. The molecule has 3 rings (SSSR count). The minimum Gasteiger partial charge on any atom is -0.317 e. The topological polar surface area (TPSA) is 42.2 Å². The molecule has 0 amide bonds. The van der Waals surface area contributed by atoms with Crippen molar-refractivity contribution in [2.24, 2.45) is 0 Å². The highest BCUT2D eigenvalue weighted by Crippen LogP contribution is 2.26. The van der Waals surface area contributed by atoms with Gasteiger partial charge in [0.2, 0.25) is 0 Å². The standard InChI is InChI=1S/C14H20N4/c1-10(2)14-17-16-13-9-12(5-8-18(13)14)11-3-6-15-7-4-11/h5,8-11,15H,3-4,6-7H2,1-2H3. The normalized spacial score (nSPS) is 17.7. The van der Waals surface area contributed by atoms with E-state index in [1.54, 1.807) is 0 Å². The second kappa shape index (κ2) is 4.69. The van der Waals surface area contributed by atoms with E-state index in [1.165, 1.54) is 18.4 Å². The van der Waals surface area contributed by atoms with E-state index in [0.717, 1.165) is 24.6 Å². The van der Waals surface area contributed by atoms with Gasteiger partial charge in [-0.3, -0.25) is 4.40 Å². The van der Waals surface area contributed by atoms with Crippen molar-refractivity contribution in [3.63, 3.8) is 0 Å². The van der Waals surface area contributed by atoms with Crippen LogP contribution in [0.15, 0.2) is 18.3 Å². The van der Waals surface area contributed by atoms with Crippen molar-refractivity contribution >= 4 is 5.65 Å². The Kier molecular flexibility index (Phi) is 3.04. The zero-order valence-corrected chi connectivity index (χ0v) is 11.1. The molecule has 0 aliphatic carbocycles. The van der Waals surface area contributed by atoms with Gasteiger partial charge in [-0.25, -0.2) is 0 Å². The smallest absolute Gasteiger partial charge is 0.161 e. The van der Waals surface area contributed by atoms with Crippen molar-refractivity contribution < 1.29 is 0 Å². The molecule has 1 fully saturated rings. The minimum atomic E-state index is 0.407. The van der Waals surface area contributed by atoms with E-state index in [-0.39, 0.29) is 0 Å². The molecular weight excluding hydrogens is 224 g/mol. The molecule has 1 aliphatic heterocycles. The maximum atomic E-state index is 4.29. The molecule has 96 valence electrons. The summed E-state index contributed by atoms with van der Waals surface area (Å²) in [7, 11) is 0. The van der Waals surface area contributed by atoms with Gasteiger partial charge in [0.1, 0.15) is 5.82 Å². The van der Waals surface area contributed by atoms with Gasteiger partial charge in [0.15, 0.2) is 5.65 Å². The van der Waals surface area contributed by atoms with E-state index in [2.05, 4.69) is 52.1 Å². The van der Waals surface area contributed by atoms with Crippen LogP contribution in [0.1, 0.15) is 49.9 Å². The van der Waals surface area contributed by atoms with Crippen LogP contribution in [0.25, 0.3) is 5.65 Å². The van der Waals surface area contributed by atoms with Gasteiger partial charge in [0, 0.05) is 12.1 Å². The zero-order valence-electron chi connectivity index (χ0n) is 11.1. The van der Waals surface area contributed by atoms with Crippen LogP contribution >= 0.6 is 0 Å². The summed E-state index contributed by atoms with van der Waals surface area (Å²) in [4.78, 5) is 0. The molecule has 1 saturated heterocycles. The number of hydrogen-bond acceptors (Lipinski definition) is 3. The average Bonchev–Trinajstić information content (AvgIpc) is 2.82. The maximum absolute atomic E-state index is 4.29. The van der Waals surface area contributed by atoms with Gasteiger partial charge >= 0.3 is 0 Å². The van der Waals surface area contributed by atoms with Crippen molar-refractivity contribution in [1.82, 2.24) is 19.9 Å². The van der Waals surface area contributed by atoms with E-state index in [0.29, 0.717) is 11.8 Å². The Morgan fingerprint density at radius 3 is 2.78 bits per heavy atom. The second-order valence-electron chi connectivity index (χ2n) is 5.43. The molecule has 0 atom stereocenters. The number of aromatic nitrogens is 3. The highest BCUT2D eigenvalue weighted by atomic mass is 15.2. The summed E-state index contributed by atoms with van der Waals surface area (Å²) in [6, 6.07) is 4.44. The third kappa shape index (κ3) is 2.01. The molecule has 1 N–H and O–H groups in total. The third-order valence-corrected chi connectivity index (χ3v) is 3.79. The van der Waals surface area contributed by atoms with Gasteiger partial charge in [-0.2, -0.15) is 0 Å². The van der Waals surface area contributed by atoms with Crippen molar-refractivity contribution in [3.8, 4) is 0 Å². The van der Waals surface area contributed by atoms with Crippen LogP contribution in [0, 0.1) is 0 Å². The molecule has 1 aliphatic rings. The van der Waals surface area contributed by atoms with Gasteiger partial charge in [-0.05, 0) is 49.5 Å². The molecular formula is C14H20N4. The summed E-state index contributed by atoms with van der Waals surface area (Å²) >= 11 is 0. The number of rotatable bonds is 2. The van der Waals surface area contributed by atoms with Crippen molar-refractivity contribution in [1.29, 1.82) is 0 Å². The number of nitrogens with zero attached hydrogens (tertiary/aromatic N) is 3. The predicted octanol–water partition coefficient (Wildman–Crippen LogP) is 2.32. The molecule has 3 heterocycles. The van der Waals surface area contributed by atoms with Gasteiger partial charge in [-0.1, -0.05) is 13.8 Å². The molecule has 0 saturated carbocycles. The Bertz CT molecular complexity index is 538. The van der Waals surface area contributed by atoms with Crippen LogP contribution in [0.4, 0.5) is 0 Å². The lowest BCUT2D eigenvalue weighted by Gasteiger charge is -2.22. The van der Waals surface area contributed by atoms with Gasteiger partial charge in [-0.15, -0.1) is 10.2 Å². The molecule has 0 spiro atoms. The summed E-state index contributed by atoms with van der Waals surface area (Å²) in [5.74, 6) is 2.13. The summed E-state index contributed by atoms with van der Waals surface area (Å²) in [5.41, 5.74) is 2.39. The summed E-state index contributed by atoms with van der Waals surface area (Å²) < 4.78 is 2.11. The van der Waals surface area contributed by atoms with Crippen LogP contribution in [0.2, 0.25) is 0 Å². The summed E-state index contributed by atoms with van der Waals surface area (Å²) in [6.45, 7) is 6.55. The number of hydrogen-bond donors (Lipinski definition) is 1. The lowest BCUT2D eigenvalue weighted by Crippen LogP contribution is -2.26. The first-order valence-corrected chi connectivity index (χ1v) is 6.81. The molecule has 0 aromatic carbocycles. The van der Waals surface area contributed by atoms with Gasteiger partial charge in [0.25, 0.3) is 0 Å². The first-order chi connectivity index (χ1) is 8.75. The monoisotopic (exact) mass is 244 g/mol. The Labute approximate surface area is 107 Å². The van der Waals surface area contributed by atoms with Gasteiger partial charge < -0.3 is 5.32 Å². The lowest BCUT2D eigenvalue weighted by molar-refractivity contribution is 0.460. The number of fused-ring (bicyclic) bond motifs is 1. The Morgan fingerprint density at radius 1 is 1.28 bits per heavy atom. The van der Waals surface area contributed by atoms with E-state index in [9.17, 15) is 0 Å². The summed E-state index contributed by atoms with van der Waals surface area (Å²) in [6.07, 6.45) is 4.57.